The molecule has 3 aromatic carbocycles. The van der Waals surface area contributed by atoms with Crippen LogP contribution in [-0.4, -0.2) is 17.1 Å². The Morgan fingerprint density at radius 2 is 1.68 bits per heavy atom. The van der Waals surface area contributed by atoms with Gasteiger partial charge in [0.15, 0.2) is 0 Å². The summed E-state index contributed by atoms with van der Waals surface area (Å²) >= 11 is 12.0. The molecule has 0 aromatic heterocycles. The molecule has 1 fully saturated rings. The van der Waals surface area contributed by atoms with E-state index in [1.807, 2.05) is 24.3 Å². The molecule has 2 N–H and O–H groups in total. The summed E-state index contributed by atoms with van der Waals surface area (Å²) in [5.74, 6) is 0.433. The summed E-state index contributed by atoms with van der Waals surface area (Å²) in [5, 5.41) is 13.9. The zero-order valence-corrected chi connectivity index (χ0v) is 18.4. The zero-order valence-electron chi connectivity index (χ0n) is 16.9. The van der Waals surface area contributed by atoms with Crippen molar-refractivity contribution in [3.8, 4) is 11.5 Å². The van der Waals surface area contributed by atoms with Crippen LogP contribution in [0.15, 0.2) is 66.7 Å². The monoisotopic (exact) mass is 455 g/mol. The van der Waals surface area contributed by atoms with Crippen LogP contribution in [0.4, 0.5) is 5.69 Å². The number of phenolic OH excluding ortho intramolecular Hbond substituents is 1. The first-order valence-corrected chi connectivity index (χ1v) is 11.1. The first-order chi connectivity index (χ1) is 15.0. The summed E-state index contributed by atoms with van der Waals surface area (Å²) in [6, 6.07) is 19.7. The highest BCUT2D eigenvalue weighted by Crippen LogP contribution is 2.36. The van der Waals surface area contributed by atoms with Gasteiger partial charge in [0, 0.05) is 27.7 Å². The number of ether oxygens (including phenoxy) is 1. The highest BCUT2D eigenvalue weighted by Gasteiger charge is 2.28. The Labute approximate surface area is 191 Å². The van der Waals surface area contributed by atoms with Crippen LogP contribution in [0.2, 0.25) is 10.0 Å². The lowest BCUT2D eigenvalue weighted by atomic mass is 9.81. The lowest BCUT2D eigenvalue weighted by Crippen LogP contribution is -2.28. The molecule has 0 bridgehead atoms. The molecule has 1 amide bonds. The summed E-state index contributed by atoms with van der Waals surface area (Å²) in [6.45, 7) is 0. The molecule has 0 heterocycles. The van der Waals surface area contributed by atoms with E-state index in [2.05, 4.69) is 17.4 Å². The van der Waals surface area contributed by atoms with Gasteiger partial charge in [-0.05, 0) is 67.3 Å². The van der Waals surface area contributed by atoms with Gasteiger partial charge in [0.25, 0.3) is 5.91 Å². The Bertz CT molecular complexity index is 1070. The van der Waals surface area contributed by atoms with Crippen LogP contribution in [0.3, 0.4) is 0 Å². The minimum Gasteiger partial charge on any atom is -0.507 e. The third-order valence-corrected chi connectivity index (χ3v) is 6.07. The van der Waals surface area contributed by atoms with Crippen LogP contribution < -0.4 is 10.1 Å². The maximum Gasteiger partial charge on any atom is 0.259 e. The summed E-state index contributed by atoms with van der Waals surface area (Å²) in [4.78, 5) is 12.6. The third-order valence-electron chi connectivity index (χ3n) is 5.58. The molecule has 0 aliphatic heterocycles. The molecule has 2 unspecified atom stereocenters. The summed E-state index contributed by atoms with van der Waals surface area (Å²) in [6.07, 6.45) is 4.39. The average molecular weight is 456 g/mol. The molecule has 0 saturated heterocycles. The largest absolute Gasteiger partial charge is 0.507 e. The predicted molar refractivity (Wildman–Crippen MR) is 125 cm³/mol. The van der Waals surface area contributed by atoms with E-state index in [-0.39, 0.29) is 17.4 Å². The number of phenols is 1. The molecule has 160 valence electrons. The standard InChI is InChI=1S/C25H23Cl2NO3/c26-17-10-8-16(9-11-17)21-6-1-2-7-24(21)31-20-5-3-4-19(15-20)28-25(30)22-14-18(27)12-13-23(22)29/h3-5,8-15,21,24,29H,1-2,6-7H2,(H,28,30). The van der Waals surface area contributed by atoms with Gasteiger partial charge in [-0.3, -0.25) is 4.79 Å². The topological polar surface area (TPSA) is 58.6 Å². The van der Waals surface area contributed by atoms with Crippen molar-refractivity contribution in [1.82, 2.24) is 0 Å². The van der Waals surface area contributed by atoms with Crippen molar-refractivity contribution in [2.75, 3.05) is 5.32 Å². The molecule has 31 heavy (non-hydrogen) atoms. The minimum absolute atomic E-state index is 0.0536. The maximum absolute atomic E-state index is 12.6. The van der Waals surface area contributed by atoms with Crippen LogP contribution >= 0.6 is 23.2 Å². The molecule has 4 nitrogen and oxygen atoms in total. The van der Waals surface area contributed by atoms with Gasteiger partial charge in [0.2, 0.25) is 0 Å². The van der Waals surface area contributed by atoms with Gasteiger partial charge in [-0.15, -0.1) is 0 Å². The molecule has 0 radical (unpaired) electrons. The second-order valence-electron chi connectivity index (χ2n) is 7.74. The first kappa shape index (κ1) is 21.5. The van der Waals surface area contributed by atoms with Gasteiger partial charge >= 0.3 is 0 Å². The van der Waals surface area contributed by atoms with Gasteiger partial charge in [0.1, 0.15) is 17.6 Å². The molecule has 4 rings (SSSR count). The number of carbonyl (C=O) groups excluding carboxylic acids is 1. The number of nitrogens with one attached hydrogen (secondary N) is 1. The van der Waals surface area contributed by atoms with Crippen molar-refractivity contribution < 1.29 is 14.6 Å². The van der Waals surface area contributed by atoms with E-state index in [1.165, 1.54) is 30.2 Å². The molecule has 1 aliphatic rings. The Hall–Kier alpha value is -2.69. The van der Waals surface area contributed by atoms with Crippen molar-refractivity contribution >= 4 is 34.8 Å². The Morgan fingerprint density at radius 1 is 0.935 bits per heavy atom. The van der Waals surface area contributed by atoms with Crippen molar-refractivity contribution in [3.63, 3.8) is 0 Å². The van der Waals surface area contributed by atoms with E-state index in [1.54, 1.807) is 12.1 Å². The fraction of sp³-hybridized carbons (Fsp3) is 0.240. The number of benzene rings is 3. The SMILES string of the molecule is O=C(Nc1cccc(OC2CCCCC2c2ccc(Cl)cc2)c1)c1cc(Cl)ccc1O. The number of aromatic hydroxyl groups is 1. The summed E-state index contributed by atoms with van der Waals surface area (Å²) in [5.41, 5.74) is 1.93. The van der Waals surface area contributed by atoms with Crippen molar-refractivity contribution in [2.45, 2.75) is 37.7 Å². The van der Waals surface area contributed by atoms with E-state index in [9.17, 15) is 9.90 Å². The Balaban J connectivity index is 1.49. The number of amides is 1. The molecular weight excluding hydrogens is 433 g/mol. The molecule has 3 aromatic rings. The summed E-state index contributed by atoms with van der Waals surface area (Å²) < 4.78 is 6.37. The maximum atomic E-state index is 12.6. The lowest BCUT2D eigenvalue weighted by Gasteiger charge is -2.32. The highest BCUT2D eigenvalue weighted by molar-refractivity contribution is 6.31. The number of hydrogen-bond donors (Lipinski definition) is 2. The lowest BCUT2D eigenvalue weighted by molar-refractivity contribution is 0.102. The Kier molecular flexibility index (Phi) is 6.69. The number of carbonyl (C=O) groups is 1. The van der Waals surface area contributed by atoms with Gasteiger partial charge < -0.3 is 15.2 Å². The van der Waals surface area contributed by atoms with Gasteiger partial charge in [-0.1, -0.05) is 47.8 Å². The van der Waals surface area contributed by atoms with Crippen LogP contribution in [0.25, 0.3) is 0 Å². The second-order valence-corrected chi connectivity index (χ2v) is 8.62. The van der Waals surface area contributed by atoms with Crippen molar-refractivity contribution in [2.24, 2.45) is 0 Å². The van der Waals surface area contributed by atoms with Crippen LogP contribution in [0.5, 0.6) is 11.5 Å². The van der Waals surface area contributed by atoms with E-state index in [0.717, 1.165) is 24.3 Å². The third kappa shape index (κ3) is 5.33. The molecule has 1 aliphatic carbocycles. The van der Waals surface area contributed by atoms with E-state index in [0.29, 0.717) is 22.4 Å². The van der Waals surface area contributed by atoms with Gasteiger partial charge in [0.05, 0.1) is 5.56 Å². The van der Waals surface area contributed by atoms with Crippen LogP contribution in [0.1, 0.15) is 47.5 Å². The van der Waals surface area contributed by atoms with E-state index in [4.69, 9.17) is 27.9 Å². The van der Waals surface area contributed by atoms with Crippen LogP contribution in [-0.2, 0) is 0 Å². The number of rotatable bonds is 5. The molecule has 1 saturated carbocycles. The molecule has 6 heteroatoms. The quantitative estimate of drug-likeness (QED) is 0.432. The molecule has 0 spiro atoms. The van der Waals surface area contributed by atoms with Crippen molar-refractivity contribution in [3.05, 3.63) is 87.9 Å². The summed E-state index contributed by atoms with van der Waals surface area (Å²) in [7, 11) is 0. The fourth-order valence-corrected chi connectivity index (χ4v) is 4.34. The normalized spacial score (nSPS) is 18.4. The average Bonchev–Trinajstić information content (AvgIpc) is 2.77. The number of halogens is 2. The van der Waals surface area contributed by atoms with Gasteiger partial charge in [-0.2, -0.15) is 0 Å². The first-order valence-electron chi connectivity index (χ1n) is 10.3. The molecule has 2 atom stereocenters. The molecular formula is C25H23Cl2NO3. The van der Waals surface area contributed by atoms with Gasteiger partial charge in [-0.25, -0.2) is 0 Å². The zero-order chi connectivity index (χ0) is 21.8. The highest BCUT2D eigenvalue weighted by atomic mass is 35.5. The predicted octanol–water partition coefficient (Wildman–Crippen LogP) is 7.06. The second kappa shape index (κ2) is 9.63. The van der Waals surface area contributed by atoms with Crippen LogP contribution in [0, 0.1) is 0 Å². The smallest absolute Gasteiger partial charge is 0.259 e. The van der Waals surface area contributed by atoms with E-state index < -0.39 is 5.91 Å². The minimum atomic E-state index is -0.436. The fourth-order valence-electron chi connectivity index (χ4n) is 4.04. The number of anilines is 1. The number of hydrogen-bond acceptors (Lipinski definition) is 3. The van der Waals surface area contributed by atoms with Crippen molar-refractivity contribution in [1.29, 1.82) is 0 Å². The van der Waals surface area contributed by atoms with E-state index >= 15 is 0 Å². The Morgan fingerprint density at radius 3 is 2.48 bits per heavy atom.